The van der Waals surface area contributed by atoms with E-state index < -0.39 is 26.3 Å². The van der Waals surface area contributed by atoms with Crippen molar-refractivity contribution in [2.24, 2.45) is 0 Å². The molecular formula is C23H29N3O5Si. The summed E-state index contributed by atoms with van der Waals surface area (Å²) >= 11 is 0. The van der Waals surface area contributed by atoms with Gasteiger partial charge in [-0.25, -0.2) is 5.06 Å². The molecule has 2 aromatic carbocycles. The van der Waals surface area contributed by atoms with E-state index in [1.165, 1.54) is 29.6 Å². The number of benzene rings is 2. The van der Waals surface area contributed by atoms with Crippen LogP contribution in [0.1, 0.15) is 11.6 Å². The van der Waals surface area contributed by atoms with E-state index in [0.29, 0.717) is 22.1 Å². The molecule has 0 saturated carbocycles. The minimum absolute atomic E-state index is 0.387. The van der Waals surface area contributed by atoms with E-state index in [1.54, 1.807) is 31.4 Å². The Kier molecular flexibility index (Phi) is 6.90. The Morgan fingerprint density at radius 1 is 1.12 bits per heavy atom. The number of ether oxygens (including phenoxy) is 2. The van der Waals surface area contributed by atoms with Crippen LogP contribution in [-0.2, 0) is 14.3 Å². The van der Waals surface area contributed by atoms with Gasteiger partial charge in [-0.05, 0) is 29.8 Å². The Morgan fingerprint density at radius 2 is 1.75 bits per heavy atom. The third-order valence-electron chi connectivity index (χ3n) is 5.31. The fraction of sp³-hybridized carbons (Fsp3) is 0.304. The van der Waals surface area contributed by atoms with E-state index in [-0.39, 0.29) is 5.91 Å². The van der Waals surface area contributed by atoms with Gasteiger partial charge in [0.1, 0.15) is 18.1 Å². The Hall–Kier alpha value is -3.30. The number of anilines is 1. The SMILES string of the molecule is COc1ccc([C@H](C(=O)Nc2ccc([Si](C)(C)C)cc2)N(C)C(=O)C2OC=CN2O)cc1. The fourth-order valence-corrected chi connectivity index (χ4v) is 4.55. The van der Waals surface area contributed by atoms with Crippen LogP contribution in [-0.4, -0.2) is 55.4 Å². The molecule has 1 aliphatic heterocycles. The molecule has 0 aromatic heterocycles. The summed E-state index contributed by atoms with van der Waals surface area (Å²) in [6, 6.07) is 13.8. The monoisotopic (exact) mass is 455 g/mol. The molecule has 0 saturated heterocycles. The zero-order valence-electron chi connectivity index (χ0n) is 18.9. The highest BCUT2D eigenvalue weighted by molar-refractivity contribution is 6.88. The van der Waals surface area contributed by atoms with E-state index in [2.05, 4.69) is 25.0 Å². The molecule has 0 bridgehead atoms. The third-order valence-corrected chi connectivity index (χ3v) is 7.37. The number of carbonyl (C=O) groups is 2. The third kappa shape index (κ3) is 5.12. The highest BCUT2D eigenvalue weighted by Gasteiger charge is 2.37. The molecule has 0 radical (unpaired) electrons. The van der Waals surface area contributed by atoms with Crippen molar-refractivity contribution in [1.29, 1.82) is 0 Å². The lowest BCUT2D eigenvalue weighted by Gasteiger charge is -2.30. The first-order chi connectivity index (χ1) is 15.1. The predicted octanol–water partition coefficient (Wildman–Crippen LogP) is 2.90. The Morgan fingerprint density at radius 3 is 2.25 bits per heavy atom. The summed E-state index contributed by atoms with van der Waals surface area (Å²) < 4.78 is 10.4. The second-order valence-corrected chi connectivity index (χ2v) is 13.7. The van der Waals surface area contributed by atoms with Gasteiger partial charge >= 0.3 is 0 Å². The van der Waals surface area contributed by atoms with Gasteiger partial charge in [0, 0.05) is 12.7 Å². The van der Waals surface area contributed by atoms with Gasteiger partial charge < -0.3 is 19.7 Å². The van der Waals surface area contributed by atoms with Crippen molar-refractivity contribution in [2.75, 3.05) is 19.5 Å². The standard InChI is InChI=1S/C23H29N3O5Si/c1-25(22(28)23-26(29)14-15-31-23)20(16-6-10-18(30-2)11-7-16)21(27)24-17-8-12-19(13-9-17)32(3,4)5/h6-15,20,23,29H,1-5H3,(H,24,27)/t20-,23?/m1/s1. The van der Waals surface area contributed by atoms with Gasteiger partial charge in [0.15, 0.2) is 0 Å². The van der Waals surface area contributed by atoms with Gasteiger partial charge in [0.2, 0.25) is 0 Å². The molecule has 2 atom stereocenters. The maximum Gasteiger partial charge on any atom is 0.288 e. The number of hydrogen-bond acceptors (Lipinski definition) is 6. The molecule has 170 valence electrons. The average Bonchev–Trinajstić information content (AvgIpc) is 3.19. The zero-order valence-corrected chi connectivity index (χ0v) is 19.9. The number of amides is 2. The van der Waals surface area contributed by atoms with Gasteiger partial charge in [-0.3, -0.25) is 14.8 Å². The Bertz CT molecular complexity index is 986. The number of hydrogen-bond donors (Lipinski definition) is 2. The van der Waals surface area contributed by atoms with Gasteiger partial charge in [0.05, 0.1) is 21.4 Å². The fourth-order valence-electron chi connectivity index (χ4n) is 3.39. The molecule has 8 nitrogen and oxygen atoms in total. The van der Waals surface area contributed by atoms with Crippen LogP contribution in [0.3, 0.4) is 0 Å². The second-order valence-electron chi connectivity index (χ2n) is 8.60. The molecule has 3 rings (SSSR count). The molecular weight excluding hydrogens is 426 g/mol. The molecule has 9 heteroatoms. The van der Waals surface area contributed by atoms with E-state index >= 15 is 0 Å². The molecule has 1 aliphatic rings. The number of methoxy groups -OCH3 is 1. The maximum absolute atomic E-state index is 13.3. The van der Waals surface area contributed by atoms with E-state index in [1.807, 2.05) is 24.3 Å². The largest absolute Gasteiger partial charge is 0.497 e. The normalized spacial score (nSPS) is 16.3. The molecule has 1 unspecified atom stereocenters. The number of likely N-dealkylation sites (N-methyl/N-ethyl adjacent to an activating group) is 1. The van der Waals surface area contributed by atoms with Gasteiger partial charge in [-0.15, -0.1) is 0 Å². The average molecular weight is 456 g/mol. The van der Waals surface area contributed by atoms with Crippen LogP contribution in [0.2, 0.25) is 19.6 Å². The van der Waals surface area contributed by atoms with E-state index in [4.69, 9.17) is 9.47 Å². The summed E-state index contributed by atoms with van der Waals surface area (Å²) in [5.41, 5.74) is 1.23. The van der Waals surface area contributed by atoms with Crippen LogP contribution in [0.15, 0.2) is 61.0 Å². The first-order valence-electron chi connectivity index (χ1n) is 10.2. The summed E-state index contributed by atoms with van der Waals surface area (Å²) in [4.78, 5) is 27.6. The highest BCUT2D eigenvalue weighted by Crippen LogP contribution is 2.26. The summed E-state index contributed by atoms with van der Waals surface area (Å²) in [5, 5.41) is 14.7. The lowest BCUT2D eigenvalue weighted by molar-refractivity contribution is -0.176. The van der Waals surface area contributed by atoms with Gasteiger partial charge in [0.25, 0.3) is 18.0 Å². The van der Waals surface area contributed by atoms with Crippen molar-refractivity contribution in [3.05, 3.63) is 66.6 Å². The number of rotatable bonds is 7. The van der Waals surface area contributed by atoms with E-state index in [0.717, 1.165) is 0 Å². The van der Waals surface area contributed by atoms with Crippen LogP contribution < -0.4 is 15.2 Å². The topological polar surface area (TPSA) is 91.3 Å². The Labute approximate surface area is 189 Å². The minimum atomic E-state index is -1.46. The lowest BCUT2D eigenvalue weighted by Crippen LogP contribution is -2.47. The molecule has 32 heavy (non-hydrogen) atoms. The number of nitrogens with zero attached hydrogens (tertiary/aromatic N) is 2. The molecule has 0 fully saturated rings. The van der Waals surface area contributed by atoms with Crippen LogP contribution in [0.25, 0.3) is 0 Å². The first-order valence-corrected chi connectivity index (χ1v) is 13.7. The van der Waals surface area contributed by atoms with Crippen molar-refractivity contribution in [3.63, 3.8) is 0 Å². The lowest BCUT2D eigenvalue weighted by atomic mass is 10.0. The molecule has 2 aromatic rings. The summed E-state index contributed by atoms with van der Waals surface area (Å²) in [6.45, 7) is 6.77. The number of carbonyl (C=O) groups excluding carboxylic acids is 2. The second kappa shape index (κ2) is 9.45. The smallest absolute Gasteiger partial charge is 0.288 e. The van der Waals surface area contributed by atoms with Crippen LogP contribution in [0.5, 0.6) is 5.75 Å². The summed E-state index contributed by atoms with van der Waals surface area (Å²) in [7, 11) is 1.60. The molecule has 0 aliphatic carbocycles. The van der Waals surface area contributed by atoms with Crippen molar-refractivity contribution in [2.45, 2.75) is 31.9 Å². The highest BCUT2D eigenvalue weighted by atomic mass is 28.3. The minimum Gasteiger partial charge on any atom is -0.497 e. The van der Waals surface area contributed by atoms with Gasteiger partial charge in [-0.2, -0.15) is 0 Å². The Balaban J connectivity index is 1.87. The molecule has 2 amide bonds. The molecule has 2 N–H and O–H groups in total. The van der Waals surface area contributed by atoms with Crippen LogP contribution in [0, 0.1) is 0 Å². The van der Waals surface area contributed by atoms with Gasteiger partial charge in [-0.1, -0.05) is 49.1 Å². The number of hydroxylamine groups is 2. The number of nitrogens with one attached hydrogen (secondary N) is 1. The van der Waals surface area contributed by atoms with Crippen molar-refractivity contribution in [1.82, 2.24) is 9.96 Å². The molecule has 0 spiro atoms. The predicted molar refractivity (Wildman–Crippen MR) is 124 cm³/mol. The molecule has 1 heterocycles. The van der Waals surface area contributed by atoms with Crippen LogP contribution in [0.4, 0.5) is 5.69 Å². The van der Waals surface area contributed by atoms with Crippen molar-refractivity contribution in [3.8, 4) is 5.75 Å². The first kappa shape index (κ1) is 23.4. The van der Waals surface area contributed by atoms with Crippen molar-refractivity contribution >= 4 is 30.8 Å². The quantitative estimate of drug-likeness (QED) is 0.624. The maximum atomic E-state index is 13.3. The summed E-state index contributed by atoms with van der Waals surface area (Å²) in [5.74, 6) is -0.321. The van der Waals surface area contributed by atoms with Crippen molar-refractivity contribution < 1.29 is 24.3 Å². The zero-order chi connectivity index (χ0) is 23.5. The van der Waals surface area contributed by atoms with Crippen LogP contribution >= 0.6 is 0 Å². The summed E-state index contributed by atoms with van der Waals surface area (Å²) in [6.07, 6.45) is 1.21. The van der Waals surface area contributed by atoms with E-state index in [9.17, 15) is 14.8 Å².